The summed E-state index contributed by atoms with van der Waals surface area (Å²) in [6.07, 6.45) is 1.94. The van der Waals surface area contributed by atoms with Gasteiger partial charge in [0.05, 0.1) is 24.8 Å². The van der Waals surface area contributed by atoms with Crippen LogP contribution in [0.4, 0.5) is 0 Å². The quantitative estimate of drug-likeness (QED) is 0.855. The largest absolute Gasteiger partial charge is 0.374 e. The Bertz CT molecular complexity index is 589. The minimum atomic E-state index is 0.220. The van der Waals surface area contributed by atoms with Crippen LogP contribution in [0.1, 0.15) is 32.3 Å². The number of likely N-dealkylation sites (tertiary alicyclic amines) is 1. The zero-order valence-electron chi connectivity index (χ0n) is 14.7. The van der Waals surface area contributed by atoms with Crippen molar-refractivity contribution < 1.29 is 9.53 Å². The highest BCUT2D eigenvalue weighted by Gasteiger charge is 2.52. The molecule has 0 spiro atoms. The van der Waals surface area contributed by atoms with Crippen LogP contribution in [-0.2, 0) is 16.1 Å². The SMILES string of the molecule is CC(C)[C@H]1CO[C@@H]2CCN(Cc3ccccc3)C[C@H]3CC(=O)N1[C@H]32. The molecule has 0 unspecified atom stereocenters. The zero-order valence-corrected chi connectivity index (χ0v) is 14.7. The van der Waals surface area contributed by atoms with E-state index in [1.807, 2.05) is 0 Å². The highest BCUT2D eigenvalue weighted by Crippen LogP contribution is 2.39. The molecule has 3 aliphatic rings. The van der Waals surface area contributed by atoms with Crippen LogP contribution in [0, 0.1) is 11.8 Å². The van der Waals surface area contributed by atoms with Crippen molar-refractivity contribution in [2.45, 2.75) is 51.4 Å². The predicted molar refractivity (Wildman–Crippen MR) is 93.4 cm³/mol. The lowest BCUT2D eigenvalue weighted by Gasteiger charge is -2.45. The third-order valence-corrected chi connectivity index (χ3v) is 5.99. The molecule has 4 atom stereocenters. The summed E-state index contributed by atoms with van der Waals surface area (Å²) in [5.74, 6) is 1.21. The van der Waals surface area contributed by atoms with Crippen molar-refractivity contribution in [1.29, 1.82) is 0 Å². The van der Waals surface area contributed by atoms with E-state index in [1.54, 1.807) is 0 Å². The van der Waals surface area contributed by atoms with Gasteiger partial charge in [0.2, 0.25) is 5.91 Å². The average molecular weight is 328 g/mol. The van der Waals surface area contributed by atoms with Crippen molar-refractivity contribution in [2.75, 3.05) is 19.7 Å². The van der Waals surface area contributed by atoms with Gasteiger partial charge in [-0.3, -0.25) is 9.69 Å². The zero-order chi connectivity index (χ0) is 16.7. The maximum atomic E-state index is 12.7. The maximum Gasteiger partial charge on any atom is 0.223 e. The summed E-state index contributed by atoms with van der Waals surface area (Å²) in [4.78, 5) is 17.4. The fourth-order valence-electron chi connectivity index (χ4n) is 4.79. The standard InChI is InChI=1S/C20H28N2O2/c1-14(2)17-13-24-18-8-9-21(11-15-6-4-3-5-7-15)12-16-10-19(23)22(17)20(16)18/h3-7,14,16-18,20H,8-13H2,1-2H3/t16-,17-,18-,20-/m1/s1. The third-order valence-electron chi connectivity index (χ3n) is 5.99. The molecule has 0 N–H and O–H groups in total. The first-order valence-electron chi connectivity index (χ1n) is 9.32. The van der Waals surface area contributed by atoms with E-state index in [4.69, 9.17) is 4.74 Å². The van der Waals surface area contributed by atoms with Crippen LogP contribution in [0.25, 0.3) is 0 Å². The molecule has 1 amide bonds. The van der Waals surface area contributed by atoms with Gasteiger partial charge in [0.1, 0.15) is 0 Å². The number of nitrogens with zero attached hydrogens (tertiary/aromatic N) is 2. The number of amides is 1. The lowest BCUT2D eigenvalue weighted by molar-refractivity contribution is -0.150. The Hall–Kier alpha value is -1.39. The molecule has 1 aromatic carbocycles. The van der Waals surface area contributed by atoms with Crippen LogP contribution in [0.2, 0.25) is 0 Å². The van der Waals surface area contributed by atoms with E-state index in [0.29, 0.717) is 36.8 Å². The number of carbonyl (C=O) groups excluding carboxylic acids is 1. The molecular weight excluding hydrogens is 300 g/mol. The van der Waals surface area contributed by atoms with Crippen LogP contribution >= 0.6 is 0 Å². The highest BCUT2D eigenvalue weighted by atomic mass is 16.5. The maximum absolute atomic E-state index is 12.7. The van der Waals surface area contributed by atoms with Gasteiger partial charge in [-0.15, -0.1) is 0 Å². The molecule has 3 aliphatic heterocycles. The number of rotatable bonds is 3. The van der Waals surface area contributed by atoms with Crippen molar-refractivity contribution in [1.82, 2.24) is 9.80 Å². The topological polar surface area (TPSA) is 32.8 Å². The molecule has 0 radical (unpaired) electrons. The van der Waals surface area contributed by atoms with Crippen molar-refractivity contribution in [3.05, 3.63) is 35.9 Å². The minimum Gasteiger partial charge on any atom is -0.374 e. The van der Waals surface area contributed by atoms with Crippen LogP contribution in [0.3, 0.4) is 0 Å². The lowest BCUT2D eigenvalue weighted by atomic mass is 9.91. The third kappa shape index (κ3) is 2.86. The van der Waals surface area contributed by atoms with Gasteiger partial charge < -0.3 is 9.64 Å². The summed E-state index contributed by atoms with van der Waals surface area (Å²) in [5.41, 5.74) is 1.35. The number of hydrogen-bond acceptors (Lipinski definition) is 3. The van der Waals surface area contributed by atoms with Gasteiger partial charge in [-0.25, -0.2) is 0 Å². The van der Waals surface area contributed by atoms with Gasteiger partial charge in [-0.1, -0.05) is 44.2 Å². The Labute approximate surface area is 144 Å². The Morgan fingerprint density at radius 2 is 2.04 bits per heavy atom. The molecule has 0 aromatic heterocycles. The van der Waals surface area contributed by atoms with Gasteiger partial charge in [-0.2, -0.15) is 0 Å². The van der Waals surface area contributed by atoms with Crippen molar-refractivity contribution in [3.63, 3.8) is 0 Å². The van der Waals surface area contributed by atoms with Crippen LogP contribution in [-0.4, -0.2) is 53.6 Å². The van der Waals surface area contributed by atoms with Crippen molar-refractivity contribution in [2.24, 2.45) is 11.8 Å². The molecular formula is C20H28N2O2. The molecule has 1 aromatic rings. The fourth-order valence-corrected chi connectivity index (χ4v) is 4.79. The molecule has 0 saturated carbocycles. The van der Waals surface area contributed by atoms with E-state index in [-0.39, 0.29) is 12.1 Å². The molecule has 24 heavy (non-hydrogen) atoms. The number of hydrogen-bond donors (Lipinski definition) is 0. The summed E-state index contributed by atoms with van der Waals surface area (Å²) in [6.45, 7) is 8.14. The van der Waals surface area contributed by atoms with E-state index in [0.717, 1.165) is 26.1 Å². The Kier molecular flexibility index (Phi) is 4.35. The van der Waals surface area contributed by atoms with Crippen molar-refractivity contribution in [3.8, 4) is 0 Å². The highest BCUT2D eigenvalue weighted by molar-refractivity contribution is 5.80. The summed E-state index contributed by atoms with van der Waals surface area (Å²) in [6, 6.07) is 11.2. The first kappa shape index (κ1) is 16.1. The smallest absolute Gasteiger partial charge is 0.223 e. The first-order chi connectivity index (χ1) is 11.6. The Morgan fingerprint density at radius 3 is 2.79 bits per heavy atom. The minimum absolute atomic E-state index is 0.220. The lowest BCUT2D eigenvalue weighted by Crippen LogP contribution is -2.58. The van der Waals surface area contributed by atoms with Gasteiger partial charge in [0.15, 0.2) is 0 Å². The van der Waals surface area contributed by atoms with E-state index in [9.17, 15) is 4.79 Å². The molecule has 0 aliphatic carbocycles. The second-order valence-corrected chi connectivity index (χ2v) is 7.95. The van der Waals surface area contributed by atoms with Gasteiger partial charge in [-0.05, 0) is 17.9 Å². The summed E-state index contributed by atoms with van der Waals surface area (Å²) in [5, 5.41) is 0. The molecule has 4 nitrogen and oxygen atoms in total. The predicted octanol–water partition coefficient (Wildman–Crippen LogP) is 2.53. The van der Waals surface area contributed by atoms with E-state index < -0.39 is 0 Å². The Balaban J connectivity index is 1.53. The monoisotopic (exact) mass is 328 g/mol. The van der Waals surface area contributed by atoms with Gasteiger partial charge in [0, 0.05) is 32.0 Å². The summed E-state index contributed by atoms with van der Waals surface area (Å²) < 4.78 is 6.24. The molecule has 3 fully saturated rings. The molecule has 3 heterocycles. The molecule has 4 heteroatoms. The van der Waals surface area contributed by atoms with Gasteiger partial charge in [0.25, 0.3) is 0 Å². The number of ether oxygens (including phenoxy) is 1. The fraction of sp³-hybridized carbons (Fsp3) is 0.650. The summed E-state index contributed by atoms with van der Waals surface area (Å²) >= 11 is 0. The van der Waals surface area contributed by atoms with E-state index in [2.05, 4.69) is 54.0 Å². The van der Waals surface area contributed by atoms with Crippen LogP contribution in [0.15, 0.2) is 30.3 Å². The molecule has 130 valence electrons. The second kappa shape index (κ2) is 6.49. The van der Waals surface area contributed by atoms with E-state index in [1.165, 1.54) is 5.56 Å². The first-order valence-corrected chi connectivity index (χ1v) is 9.32. The molecule has 0 bridgehead atoms. The number of benzene rings is 1. The normalized spacial score (nSPS) is 33.6. The molecule has 3 saturated heterocycles. The second-order valence-electron chi connectivity index (χ2n) is 7.95. The molecule has 4 rings (SSSR count). The van der Waals surface area contributed by atoms with Crippen LogP contribution < -0.4 is 0 Å². The van der Waals surface area contributed by atoms with Crippen LogP contribution in [0.5, 0.6) is 0 Å². The van der Waals surface area contributed by atoms with Crippen molar-refractivity contribution >= 4 is 5.91 Å². The summed E-state index contributed by atoms with van der Waals surface area (Å²) in [7, 11) is 0. The van der Waals surface area contributed by atoms with Gasteiger partial charge >= 0.3 is 0 Å². The van der Waals surface area contributed by atoms with E-state index >= 15 is 0 Å². The number of carbonyl (C=O) groups is 1. The Morgan fingerprint density at radius 1 is 1.25 bits per heavy atom. The number of morpholine rings is 1. The average Bonchev–Trinajstić information content (AvgIpc) is 2.79.